The van der Waals surface area contributed by atoms with Crippen LogP contribution in [0.5, 0.6) is 0 Å². The van der Waals surface area contributed by atoms with Gasteiger partial charge in [0.2, 0.25) is 0 Å². The van der Waals surface area contributed by atoms with Crippen LogP contribution in [0.4, 0.5) is 18.9 Å². The van der Waals surface area contributed by atoms with E-state index in [-0.39, 0.29) is 17.4 Å². The monoisotopic (exact) mass is 383 g/mol. The van der Waals surface area contributed by atoms with Gasteiger partial charge in [0.05, 0.1) is 27.3 Å². The summed E-state index contributed by atoms with van der Waals surface area (Å²) in [6.45, 7) is 0. The Morgan fingerprint density at radius 1 is 1.00 bits per heavy atom. The highest BCUT2D eigenvalue weighted by molar-refractivity contribution is 6.43. The maximum Gasteiger partial charge on any atom is 0.416 e. The van der Waals surface area contributed by atoms with Crippen LogP contribution in [0, 0.1) is 5.92 Å². The highest BCUT2D eigenvalue weighted by Gasteiger charge is 2.43. The van der Waals surface area contributed by atoms with Gasteiger partial charge in [-0.25, -0.2) is 0 Å². The summed E-state index contributed by atoms with van der Waals surface area (Å²) in [7, 11) is 0. The lowest BCUT2D eigenvalue weighted by Gasteiger charge is -2.39. The molecule has 1 N–H and O–H groups in total. The number of hydrogen-bond donors (Lipinski definition) is 1. The quantitative estimate of drug-likeness (QED) is 0.531. The summed E-state index contributed by atoms with van der Waals surface area (Å²) in [6, 6.07) is 8.87. The topological polar surface area (TPSA) is 12.0 Å². The molecule has 1 aliphatic heterocycles. The number of anilines is 1. The van der Waals surface area contributed by atoms with Gasteiger partial charge in [-0.2, -0.15) is 13.2 Å². The van der Waals surface area contributed by atoms with Crippen molar-refractivity contribution in [1.82, 2.24) is 0 Å². The molecule has 3 atom stereocenters. The van der Waals surface area contributed by atoms with Crippen molar-refractivity contribution < 1.29 is 13.2 Å². The van der Waals surface area contributed by atoms with Gasteiger partial charge in [0, 0.05) is 5.92 Å². The summed E-state index contributed by atoms with van der Waals surface area (Å²) in [5.74, 6) is 0.0329. The molecule has 0 amide bonds. The minimum absolute atomic E-state index is 0.00763. The molecule has 4 rings (SSSR count). The van der Waals surface area contributed by atoms with E-state index in [1.165, 1.54) is 6.07 Å². The Labute approximate surface area is 153 Å². The number of nitrogens with one attached hydrogen (secondary N) is 1. The van der Waals surface area contributed by atoms with Gasteiger partial charge in [-0.05, 0) is 35.6 Å². The standard InChI is InChI=1S/C19H14Cl2F3N/c20-15-9-8-12-10-5-3-6-11(10)17(25-18(12)16(15)21)13-4-1-2-7-14(13)19(22,23)24/h1-5,7-11,17,25H,6H2/t10-,11+,17-/m1/s1. The molecular formula is C19H14Cl2F3N. The molecule has 0 bridgehead atoms. The van der Waals surface area contributed by atoms with Gasteiger partial charge < -0.3 is 5.32 Å². The van der Waals surface area contributed by atoms with Crippen LogP contribution in [0.3, 0.4) is 0 Å². The van der Waals surface area contributed by atoms with Gasteiger partial charge in [-0.1, -0.05) is 59.6 Å². The SMILES string of the molecule is FC(F)(F)c1ccccc1[C@@H]1Nc2c(ccc(Cl)c2Cl)[C@@H]2C=CC[C@@H]21. The molecule has 130 valence electrons. The Bertz CT molecular complexity index is 860. The van der Waals surface area contributed by atoms with Gasteiger partial charge in [-0.3, -0.25) is 0 Å². The molecular weight excluding hydrogens is 370 g/mol. The van der Waals surface area contributed by atoms with E-state index >= 15 is 0 Å². The van der Waals surface area contributed by atoms with E-state index in [0.29, 0.717) is 22.2 Å². The Morgan fingerprint density at radius 2 is 1.76 bits per heavy atom. The minimum atomic E-state index is -4.40. The number of allylic oxidation sites excluding steroid dienone is 2. The zero-order valence-electron chi connectivity index (χ0n) is 12.9. The summed E-state index contributed by atoms with van der Waals surface area (Å²) in [6.07, 6.45) is 0.391. The fourth-order valence-corrected chi connectivity index (χ4v) is 4.32. The average Bonchev–Trinajstić information content (AvgIpc) is 3.06. The van der Waals surface area contributed by atoms with Gasteiger partial charge in [0.1, 0.15) is 0 Å². The summed E-state index contributed by atoms with van der Waals surface area (Å²) in [5, 5.41) is 3.99. The fraction of sp³-hybridized carbons (Fsp3) is 0.263. The molecule has 0 radical (unpaired) electrons. The van der Waals surface area contributed by atoms with Crippen LogP contribution in [0.25, 0.3) is 0 Å². The van der Waals surface area contributed by atoms with Crippen molar-refractivity contribution in [3.8, 4) is 0 Å². The predicted molar refractivity (Wildman–Crippen MR) is 94.3 cm³/mol. The smallest absolute Gasteiger partial charge is 0.376 e. The van der Waals surface area contributed by atoms with Crippen LogP contribution in [0.15, 0.2) is 48.6 Å². The first-order chi connectivity index (χ1) is 11.9. The van der Waals surface area contributed by atoms with Gasteiger partial charge >= 0.3 is 6.18 Å². The third-order valence-electron chi connectivity index (χ3n) is 5.03. The number of halogens is 5. The first-order valence-corrected chi connectivity index (χ1v) is 8.70. The van der Waals surface area contributed by atoms with Crippen molar-refractivity contribution >= 4 is 28.9 Å². The molecule has 0 aromatic heterocycles. The molecule has 2 aromatic carbocycles. The van der Waals surface area contributed by atoms with E-state index < -0.39 is 17.8 Å². The largest absolute Gasteiger partial charge is 0.416 e. The molecule has 0 fully saturated rings. The van der Waals surface area contributed by atoms with Gasteiger partial charge in [0.15, 0.2) is 0 Å². The van der Waals surface area contributed by atoms with E-state index in [4.69, 9.17) is 23.2 Å². The third-order valence-corrected chi connectivity index (χ3v) is 5.83. The molecule has 1 nitrogen and oxygen atoms in total. The first-order valence-electron chi connectivity index (χ1n) is 7.95. The zero-order valence-corrected chi connectivity index (χ0v) is 14.5. The lowest BCUT2D eigenvalue weighted by Crippen LogP contribution is -2.31. The maximum absolute atomic E-state index is 13.5. The van der Waals surface area contributed by atoms with Crippen molar-refractivity contribution in [2.75, 3.05) is 5.32 Å². The zero-order chi connectivity index (χ0) is 17.8. The average molecular weight is 384 g/mol. The number of rotatable bonds is 1. The van der Waals surface area contributed by atoms with Gasteiger partial charge in [0.25, 0.3) is 0 Å². The molecule has 1 aliphatic carbocycles. The number of benzene rings is 2. The molecule has 0 spiro atoms. The Hall–Kier alpha value is -1.65. The highest BCUT2D eigenvalue weighted by Crippen LogP contribution is 2.53. The van der Waals surface area contributed by atoms with Crippen LogP contribution in [-0.4, -0.2) is 0 Å². The van der Waals surface area contributed by atoms with Crippen LogP contribution < -0.4 is 5.32 Å². The van der Waals surface area contributed by atoms with Crippen LogP contribution in [0.2, 0.25) is 10.0 Å². The maximum atomic E-state index is 13.5. The second-order valence-electron chi connectivity index (χ2n) is 6.39. The summed E-state index contributed by atoms with van der Waals surface area (Å²) in [5.41, 5.74) is 1.24. The second-order valence-corrected chi connectivity index (χ2v) is 7.17. The molecule has 0 saturated carbocycles. The summed E-state index contributed by atoms with van der Waals surface area (Å²) < 4.78 is 40.5. The van der Waals surface area contributed by atoms with Crippen molar-refractivity contribution in [2.45, 2.75) is 24.6 Å². The lowest BCUT2D eigenvalue weighted by atomic mass is 9.76. The number of fused-ring (bicyclic) bond motifs is 3. The molecule has 2 aliphatic rings. The molecule has 6 heteroatoms. The summed E-state index contributed by atoms with van der Waals surface area (Å²) >= 11 is 12.5. The lowest BCUT2D eigenvalue weighted by molar-refractivity contribution is -0.138. The van der Waals surface area contributed by atoms with E-state index in [1.807, 2.05) is 12.1 Å². The summed E-state index contributed by atoms with van der Waals surface area (Å²) in [4.78, 5) is 0. The molecule has 25 heavy (non-hydrogen) atoms. The van der Waals surface area contributed by atoms with E-state index in [0.717, 1.165) is 11.6 Å². The van der Waals surface area contributed by atoms with Crippen molar-refractivity contribution in [2.24, 2.45) is 5.92 Å². The van der Waals surface area contributed by atoms with E-state index in [2.05, 4.69) is 11.4 Å². The van der Waals surface area contributed by atoms with Crippen LogP contribution in [0.1, 0.15) is 35.1 Å². The first kappa shape index (κ1) is 16.8. The van der Waals surface area contributed by atoms with Crippen molar-refractivity contribution in [1.29, 1.82) is 0 Å². The molecule has 2 aromatic rings. The third kappa shape index (κ3) is 2.72. The highest BCUT2D eigenvalue weighted by atomic mass is 35.5. The van der Waals surface area contributed by atoms with Gasteiger partial charge in [-0.15, -0.1) is 0 Å². The predicted octanol–water partition coefficient (Wildman–Crippen LogP) is 6.84. The van der Waals surface area contributed by atoms with Crippen LogP contribution in [-0.2, 0) is 6.18 Å². The molecule has 1 heterocycles. The number of alkyl halides is 3. The molecule has 0 saturated heterocycles. The van der Waals surface area contributed by atoms with Crippen LogP contribution >= 0.6 is 23.2 Å². The number of hydrogen-bond acceptors (Lipinski definition) is 1. The van der Waals surface area contributed by atoms with Crippen molar-refractivity contribution in [3.63, 3.8) is 0 Å². The Kier molecular flexibility index (Phi) is 4.00. The Morgan fingerprint density at radius 3 is 2.52 bits per heavy atom. The van der Waals surface area contributed by atoms with E-state index in [1.54, 1.807) is 18.2 Å². The fourth-order valence-electron chi connectivity index (χ4n) is 3.94. The van der Waals surface area contributed by atoms with E-state index in [9.17, 15) is 13.2 Å². The Balaban J connectivity index is 1.87. The van der Waals surface area contributed by atoms with Crippen molar-refractivity contribution in [3.05, 3.63) is 75.3 Å². The molecule has 0 unspecified atom stereocenters. The second kappa shape index (κ2) is 5.96. The minimum Gasteiger partial charge on any atom is -0.376 e. The normalized spacial score (nSPS) is 24.6.